The number of carboxylic acids is 1. The lowest BCUT2D eigenvalue weighted by Crippen LogP contribution is -2.16. The third-order valence-electron chi connectivity index (χ3n) is 4.35. The van der Waals surface area contributed by atoms with Crippen LogP contribution >= 0.6 is 11.6 Å². The van der Waals surface area contributed by atoms with Gasteiger partial charge in [0.1, 0.15) is 0 Å². The number of aliphatic carboxylic acids is 1. The minimum absolute atomic E-state index is 0.0219. The topological polar surface area (TPSA) is 76.4 Å². The number of aryl methyl sites for hydroxylation is 3. The zero-order chi connectivity index (χ0) is 19.8. The smallest absolute Gasteiger partial charge is 0.303 e. The first-order valence-electron chi connectivity index (χ1n) is 8.54. The number of hydrogen-bond donors (Lipinski definition) is 1. The summed E-state index contributed by atoms with van der Waals surface area (Å²) in [4.78, 5) is 11.1. The Morgan fingerprint density at radius 3 is 2.37 bits per heavy atom. The zero-order valence-corrected chi connectivity index (χ0v) is 16.6. The number of carboxylic acid groups (broad SMARTS) is 1. The highest BCUT2D eigenvalue weighted by Crippen LogP contribution is 2.29. The second kappa shape index (κ2) is 7.37. The first-order chi connectivity index (χ1) is 12.7. The Kier molecular flexibility index (Phi) is 5.31. The van der Waals surface area contributed by atoms with Gasteiger partial charge in [-0.25, -0.2) is 12.4 Å². The Balaban J connectivity index is 2.19. The lowest BCUT2D eigenvalue weighted by molar-refractivity contribution is -0.137. The number of rotatable bonds is 6. The average Bonchev–Trinajstić information content (AvgIpc) is 2.91. The number of halogens is 1. The normalized spacial score (nSPS) is 11.8. The number of nitrogens with zero attached hydrogens (tertiary/aromatic N) is 1. The van der Waals surface area contributed by atoms with Crippen molar-refractivity contribution < 1.29 is 18.3 Å². The van der Waals surface area contributed by atoms with Crippen LogP contribution in [0.25, 0.3) is 10.9 Å². The summed E-state index contributed by atoms with van der Waals surface area (Å²) in [6.07, 6.45) is 0.663. The summed E-state index contributed by atoms with van der Waals surface area (Å²) in [5.74, 6) is -0.905. The summed E-state index contributed by atoms with van der Waals surface area (Å²) in [5, 5.41) is 10.1. The first kappa shape index (κ1) is 19.5. The lowest BCUT2D eigenvalue weighted by Gasteiger charge is -2.13. The minimum atomic E-state index is -3.84. The van der Waals surface area contributed by atoms with E-state index in [1.54, 1.807) is 36.4 Å². The van der Waals surface area contributed by atoms with Gasteiger partial charge >= 0.3 is 5.97 Å². The Bertz CT molecular complexity index is 1110. The molecular weight excluding hydrogens is 386 g/mol. The molecule has 2 aromatic carbocycles. The van der Waals surface area contributed by atoms with Crippen molar-refractivity contribution in [2.75, 3.05) is 0 Å². The third kappa shape index (κ3) is 4.01. The van der Waals surface area contributed by atoms with Crippen LogP contribution in [0.4, 0.5) is 0 Å². The fourth-order valence-corrected chi connectivity index (χ4v) is 5.22. The molecule has 0 bridgehead atoms. The Morgan fingerprint density at radius 2 is 1.74 bits per heavy atom. The van der Waals surface area contributed by atoms with Crippen molar-refractivity contribution in [3.05, 3.63) is 64.3 Å². The van der Waals surface area contributed by atoms with E-state index in [1.807, 2.05) is 19.9 Å². The molecule has 0 amide bonds. The van der Waals surface area contributed by atoms with Crippen LogP contribution in [0.5, 0.6) is 0 Å². The van der Waals surface area contributed by atoms with Gasteiger partial charge in [0, 0.05) is 22.5 Å². The predicted molar refractivity (Wildman–Crippen MR) is 106 cm³/mol. The molecule has 1 heterocycles. The number of aromatic nitrogens is 1. The van der Waals surface area contributed by atoms with E-state index in [9.17, 15) is 13.2 Å². The number of carbonyl (C=O) groups is 1. The van der Waals surface area contributed by atoms with E-state index >= 15 is 0 Å². The maximum absolute atomic E-state index is 13.4. The first-order valence-corrected chi connectivity index (χ1v) is 10.4. The van der Waals surface area contributed by atoms with Crippen LogP contribution in [0.1, 0.15) is 29.7 Å². The molecule has 1 aromatic heterocycles. The van der Waals surface area contributed by atoms with Gasteiger partial charge < -0.3 is 5.11 Å². The van der Waals surface area contributed by atoms with Crippen LogP contribution in [-0.2, 0) is 21.2 Å². The SMILES string of the molecule is Cc1cc(C)cc(S(=O)(=O)n2c(CCCC(=O)O)cc3cc(Cl)ccc32)c1. The van der Waals surface area contributed by atoms with Gasteiger partial charge in [-0.2, -0.15) is 0 Å². The van der Waals surface area contributed by atoms with Gasteiger partial charge in [0.25, 0.3) is 10.0 Å². The molecule has 0 saturated heterocycles. The molecule has 27 heavy (non-hydrogen) atoms. The van der Waals surface area contributed by atoms with Crippen molar-refractivity contribution in [1.82, 2.24) is 3.97 Å². The third-order valence-corrected chi connectivity index (χ3v) is 6.33. The Morgan fingerprint density at radius 1 is 1.07 bits per heavy atom. The highest BCUT2D eigenvalue weighted by molar-refractivity contribution is 7.90. The molecule has 0 saturated carbocycles. The fourth-order valence-electron chi connectivity index (χ4n) is 3.28. The van der Waals surface area contributed by atoms with Gasteiger partial charge in [0.15, 0.2) is 0 Å². The van der Waals surface area contributed by atoms with Crippen molar-refractivity contribution >= 4 is 38.5 Å². The standard InChI is InChI=1S/C20H20ClNO4S/c1-13-8-14(2)10-18(9-13)27(25,26)22-17(4-3-5-20(23)24)12-15-11-16(21)6-7-19(15)22/h6-12H,3-5H2,1-2H3,(H,23,24). The lowest BCUT2D eigenvalue weighted by atomic mass is 10.2. The highest BCUT2D eigenvalue weighted by atomic mass is 35.5. The second-order valence-corrected chi connectivity index (χ2v) is 8.90. The molecule has 0 aliphatic rings. The zero-order valence-electron chi connectivity index (χ0n) is 15.1. The van der Waals surface area contributed by atoms with Crippen molar-refractivity contribution in [3.63, 3.8) is 0 Å². The molecule has 0 radical (unpaired) electrons. The van der Waals surface area contributed by atoms with Crippen molar-refractivity contribution in [3.8, 4) is 0 Å². The summed E-state index contributed by atoms with van der Waals surface area (Å²) >= 11 is 6.06. The van der Waals surface area contributed by atoms with Crippen molar-refractivity contribution in [2.24, 2.45) is 0 Å². The van der Waals surface area contributed by atoms with Gasteiger partial charge in [-0.3, -0.25) is 4.79 Å². The molecule has 0 fully saturated rings. The van der Waals surface area contributed by atoms with Crippen LogP contribution in [0, 0.1) is 13.8 Å². The molecule has 5 nitrogen and oxygen atoms in total. The van der Waals surface area contributed by atoms with Gasteiger partial charge in [0.2, 0.25) is 0 Å². The van der Waals surface area contributed by atoms with Gasteiger partial charge in [-0.1, -0.05) is 17.7 Å². The van der Waals surface area contributed by atoms with Gasteiger partial charge in [0.05, 0.1) is 10.4 Å². The molecule has 0 unspecified atom stereocenters. The van der Waals surface area contributed by atoms with Gasteiger partial charge in [-0.05, 0) is 74.2 Å². The summed E-state index contributed by atoms with van der Waals surface area (Å²) in [6, 6.07) is 12.0. The number of hydrogen-bond acceptors (Lipinski definition) is 3. The number of benzene rings is 2. The molecule has 142 valence electrons. The summed E-state index contributed by atoms with van der Waals surface area (Å²) in [7, 11) is -3.84. The quantitative estimate of drug-likeness (QED) is 0.652. The van der Waals surface area contributed by atoms with E-state index < -0.39 is 16.0 Å². The largest absolute Gasteiger partial charge is 0.481 e. The molecule has 0 aliphatic carbocycles. The summed E-state index contributed by atoms with van der Waals surface area (Å²) < 4.78 is 28.2. The van der Waals surface area contributed by atoms with E-state index in [4.69, 9.17) is 16.7 Å². The van der Waals surface area contributed by atoms with E-state index in [2.05, 4.69) is 0 Å². The second-order valence-electron chi connectivity index (χ2n) is 6.68. The fraction of sp³-hybridized carbons (Fsp3) is 0.250. The molecule has 7 heteroatoms. The van der Waals surface area contributed by atoms with Crippen LogP contribution in [0.15, 0.2) is 47.4 Å². The average molecular weight is 406 g/mol. The van der Waals surface area contributed by atoms with Crippen LogP contribution in [0.3, 0.4) is 0 Å². The molecule has 0 spiro atoms. The van der Waals surface area contributed by atoms with E-state index in [0.717, 1.165) is 11.1 Å². The maximum atomic E-state index is 13.4. The molecule has 1 N–H and O–H groups in total. The Labute approximate surface area is 163 Å². The van der Waals surface area contributed by atoms with E-state index in [1.165, 1.54) is 3.97 Å². The molecular formula is C20H20ClNO4S. The van der Waals surface area contributed by atoms with Crippen LogP contribution in [0.2, 0.25) is 5.02 Å². The van der Waals surface area contributed by atoms with Crippen molar-refractivity contribution in [2.45, 2.75) is 38.0 Å². The molecule has 0 aliphatic heterocycles. The number of fused-ring (bicyclic) bond motifs is 1. The van der Waals surface area contributed by atoms with Crippen molar-refractivity contribution in [1.29, 1.82) is 0 Å². The molecule has 0 atom stereocenters. The van der Waals surface area contributed by atoms with E-state index in [-0.39, 0.29) is 11.3 Å². The summed E-state index contributed by atoms with van der Waals surface area (Å²) in [6.45, 7) is 3.71. The van der Waals surface area contributed by atoms with Gasteiger partial charge in [-0.15, -0.1) is 0 Å². The highest BCUT2D eigenvalue weighted by Gasteiger charge is 2.23. The maximum Gasteiger partial charge on any atom is 0.303 e. The van der Waals surface area contributed by atoms with E-state index in [0.29, 0.717) is 34.5 Å². The minimum Gasteiger partial charge on any atom is -0.481 e. The Hall–Kier alpha value is -2.31. The molecule has 3 rings (SSSR count). The van der Waals surface area contributed by atoms with Crippen LogP contribution in [-0.4, -0.2) is 23.5 Å². The summed E-state index contributed by atoms with van der Waals surface area (Å²) in [5.41, 5.74) is 2.80. The predicted octanol–water partition coefficient (Wildman–Crippen LogP) is 4.56. The molecule has 3 aromatic rings. The van der Waals surface area contributed by atoms with Crippen LogP contribution < -0.4 is 0 Å². The monoisotopic (exact) mass is 405 g/mol.